The molecule has 4 heterocycles. The number of aromatic nitrogens is 1. The SMILES string of the molecule is O=C1CCC(N2C(=O)c3ccc(NCCOCCOCCOCCNC(=O)c4cc5cc(N6CC[C@](O)(C(=O)NCc7cc(F)cc(F)c7)C6=O)ccc5[nH]4)cc3C2=O)C(=O)N1. The molecule has 62 heavy (non-hydrogen) atoms. The number of benzene rings is 3. The minimum Gasteiger partial charge on any atom is -0.383 e. The van der Waals surface area contributed by atoms with E-state index in [2.05, 4.69) is 26.3 Å². The third kappa shape index (κ3) is 9.62. The first kappa shape index (κ1) is 43.5. The first-order valence-electron chi connectivity index (χ1n) is 19.8. The Balaban J connectivity index is 0.746. The van der Waals surface area contributed by atoms with E-state index in [0.29, 0.717) is 61.3 Å². The number of halogens is 2. The highest BCUT2D eigenvalue weighted by Crippen LogP contribution is 2.32. The van der Waals surface area contributed by atoms with E-state index in [0.717, 1.165) is 17.0 Å². The van der Waals surface area contributed by atoms with Crippen molar-refractivity contribution in [1.82, 2.24) is 25.8 Å². The molecule has 1 aromatic heterocycles. The summed E-state index contributed by atoms with van der Waals surface area (Å²) in [4.78, 5) is 93.7. The predicted octanol–water partition coefficient (Wildman–Crippen LogP) is 1.52. The molecule has 0 bridgehead atoms. The summed E-state index contributed by atoms with van der Waals surface area (Å²) in [6.07, 6.45) is -0.0762. The van der Waals surface area contributed by atoms with Crippen molar-refractivity contribution in [3.05, 3.63) is 94.7 Å². The zero-order valence-electron chi connectivity index (χ0n) is 33.2. The average Bonchev–Trinajstić information content (AvgIpc) is 3.89. The van der Waals surface area contributed by atoms with Crippen molar-refractivity contribution >= 4 is 63.6 Å². The van der Waals surface area contributed by atoms with Gasteiger partial charge in [-0.2, -0.15) is 0 Å². The van der Waals surface area contributed by atoms with Crippen LogP contribution >= 0.6 is 0 Å². The lowest BCUT2D eigenvalue weighted by molar-refractivity contribution is -0.149. The summed E-state index contributed by atoms with van der Waals surface area (Å²) in [5.74, 6) is -6.12. The fourth-order valence-electron chi connectivity index (χ4n) is 7.34. The third-order valence-electron chi connectivity index (χ3n) is 10.5. The number of carbonyl (C=O) groups is 7. The minimum absolute atomic E-state index is 0.0324. The smallest absolute Gasteiger partial charge is 0.268 e. The van der Waals surface area contributed by atoms with Crippen molar-refractivity contribution < 1.29 is 61.7 Å². The standard InChI is InChI=1S/C42H43F2N7O11/c43-26-17-24(18-27(44)21-26)23-47-40(57)42(59)7-10-50(41(42)58)29-2-4-32-25(19-29)20-33(48-32)36(53)46-9-12-61-14-16-62-15-13-60-11-8-45-28-1-3-30-31(22-28)39(56)51(38(30)55)34-5-6-35(52)49-37(34)54/h1-4,17-22,34,45,48,59H,5-16,23H2,(H,46,53)(H,47,57)(H,49,52,54)/t34?,42-/m0/s1. The Kier molecular flexibility index (Phi) is 13.3. The Hall–Kier alpha value is -6.61. The number of nitrogens with one attached hydrogen (secondary N) is 5. The van der Waals surface area contributed by atoms with Crippen LogP contribution in [0, 0.1) is 11.6 Å². The molecule has 4 aromatic rings. The number of fused-ring (bicyclic) bond motifs is 2. The van der Waals surface area contributed by atoms with Crippen LogP contribution in [0.3, 0.4) is 0 Å². The number of hydrogen-bond acceptors (Lipinski definition) is 12. The minimum atomic E-state index is -2.37. The van der Waals surface area contributed by atoms with Gasteiger partial charge < -0.3 is 45.2 Å². The van der Waals surface area contributed by atoms with E-state index < -0.39 is 58.7 Å². The lowest BCUT2D eigenvalue weighted by Crippen LogP contribution is -2.54. The van der Waals surface area contributed by atoms with Crippen LogP contribution in [0.4, 0.5) is 20.2 Å². The van der Waals surface area contributed by atoms with Gasteiger partial charge in [0.15, 0.2) is 0 Å². The van der Waals surface area contributed by atoms with Crippen molar-refractivity contribution in [2.45, 2.75) is 37.5 Å². The van der Waals surface area contributed by atoms with E-state index in [-0.39, 0.29) is 80.4 Å². The number of piperidine rings is 1. The van der Waals surface area contributed by atoms with Crippen molar-refractivity contribution in [2.24, 2.45) is 0 Å². The second-order valence-electron chi connectivity index (χ2n) is 14.7. The number of nitrogens with zero attached hydrogens (tertiary/aromatic N) is 2. The van der Waals surface area contributed by atoms with Gasteiger partial charge in [0.05, 0.1) is 50.8 Å². The Morgan fingerprint density at radius 2 is 1.50 bits per heavy atom. The number of hydrogen-bond donors (Lipinski definition) is 6. The highest BCUT2D eigenvalue weighted by Gasteiger charge is 2.52. The van der Waals surface area contributed by atoms with E-state index >= 15 is 0 Å². The summed E-state index contributed by atoms with van der Waals surface area (Å²) in [7, 11) is 0. The van der Waals surface area contributed by atoms with Crippen LogP contribution < -0.4 is 26.2 Å². The summed E-state index contributed by atoms with van der Waals surface area (Å²) in [5, 5.41) is 22.0. The fourth-order valence-corrected chi connectivity index (χ4v) is 7.34. The molecule has 2 atom stereocenters. The normalized spacial score (nSPS) is 18.7. The van der Waals surface area contributed by atoms with Crippen LogP contribution in [-0.2, 0) is 39.9 Å². The zero-order valence-corrected chi connectivity index (χ0v) is 33.2. The maximum Gasteiger partial charge on any atom is 0.268 e. The highest BCUT2D eigenvalue weighted by atomic mass is 19.1. The van der Waals surface area contributed by atoms with E-state index in [4.69, 9.17) is 14.2 Å². The number of imide groups is 2. The molecule has 7 amide bonds. The lowest BCUT2D eigenvalue weighted by atomic mass is 10.0. The van der Waals surface area contributed by atoms with Crippen LogP contribution in [0.1, 0.15) is 56.0 Å². The Morgan fingerprint density at radius 3 is 2.23 bits per heavy atom. The van der Waals surface area contributed by atoms with Gasteiger partial charge in [-0.15, -0.1) is 0 Å². The first-order valence-corrected chi connectivity index (χ1v) is 19.8. The van der Waals surface area contributed by atoms with Gasteiger partial charge in [0.1, 0.15) is 23.4 Å². The number of anilines is 2. The van der Waals surface area contributed by atoms with E-state index in [1.165, 1.54) is 11.0 Å². The quantitative estimate of drug-likeness (QED) is 0.0448. The van der Waals surface area contributed by atoms with Gasteiger partial charge in [0.2, 0.25) is 17.4 Å². The van der Waals surface area contributed by atoms with Crippen molar-refractivity contribution in [2.75, 3.05) is 69.5 Å². The van der Waals surface area contributed by atoms with Gasteiger partial charge in [0, 0.05) is 67.4 Å². The maximum atomic E-state index is 13.5. The highest BCUT2D eigenvalue weighted by molar-refractivity contribution is 6.24. The number of carbonyl (C=O) groups excluding carboxylic acids is 7. The molecular weight excluding hydrogens is 816 g/mol. The van der Waals surface area contributed by atoms with E-state index in [1.54, 1.807) is 36.4 Å². The zero-order chi connectivity index (χ0) is 44.0. The van der Waals surface area contributed by atoms with Gasteiger partial charge in [-0.05, 0) is 66.6 Å². The third-order valence-corrected chi connectivity index (χ3v) is 10.5. The molecule has 2 fully saturated rings. The molecule has 0 radical (unpaired) electrons. The summed E-state index contributed by atoms with van der Waals surface area (Å²) < 4.78 is 43.7. The van der Waals surface area contributed by atoms with Gasteiger partial charge in [-0.25, -0.2) is 8.78 Å². The Morgan fingerprint density at radius 1 is 0.806 bits per heavy atom. The molecule has 18 nitrogen and oxygen atoms in total. The molecule has 6 N–H and O–H groups in total. The molecule has 0 spiro atoms. The van der Waals surface area contributed by atoms with Gasteiger partial charge >= 0.3 is 0 Å². The van der Waals surface area contributed by atoms with Crippen LogP contribution in [0.5, 0.6) is 0 Å². The molecule has 7 rings (SSSR count). The molecule has 2 saturated heterocycles. The largest absolute Gasteiger partial charge is 0.383 e. The second-order valence-corrected chi connectivity index (χ2v) is 14.7. The first-order chi connectivity index (χ1) is 29.8. The molecule has 1 unspecified atom stereocenters. The molecule has 20 heteroatoms. The van der Waals surface area contributed by atoms with Crippen LogP contribution in [0.25, 0.3) is 10.9 Å². The van der Waals surface area contributed by atoms with Crippen molar-refractivity contribution in [3.8, 4) is 0 Å². The predicted molar refractivity (Wildman–Crippen MR) is 215 cm³/mol. The number of ether oxygens (including phenoxy) is 3. The van der Waals surface area contributed by atoms with E-state index in [1.807, 2.05) is 0 Å². The number of H-pyrrole nitrogens is 1. The van der Waals surface area contributed by atoms with Crippen LogP contribution in [-0.4, -0.2) is 127 Å². The van der Waals surface area contributed by atoms with E-state index in [9.17, 15) is 47.4 Å². The van der Waals surface area contributed by atoms with Gasteiger partial charge in [-0.3, -0.25) is 43.8 Å². The Labute approximate surface area is 352 Å². The average molecular weight is 860 g/mol. The van der Waals surface area contributed by atoms with Crippen LogP contribution in [0.15, 0.2) is 60.7 Å². The molecule has 326 valence electrons. The van der Waals surface area contributed by atoms with Crippen molar-refractivity contribution in [1.29, 1.82) is 0 Å². The second kappa shape index (κ2) is 19.0. The number of rotatable bonds is 19. The summed E-state index contributed by atoms with van der Waals surface area (Å²) in [6.45, 7) is 2.15. The molecule has 0 saturated carbocycles. The summed E-state index contributed by atoms with van der Waals surface area (Å²) in [5.41, 5.74) is 0.0172. The Bertz CT molecular complexity index is 2410. The monoisotopic (exact) mass is 859 g/mol. The fraction of sp³-hybridized carbons (Fsp3) is 0.357. The van der Waals surface area contributed by atoms with Gasteiger partial charge in [0.25, 0.3) is 29.5 Å². The molecule has 3 aliphatic rings. The molecule has 0 aliphatic carbocycles. The summed E-state index contributed by atoms with van der Waals surface area (Å²) in [6, 6.07) is 13.0. The number of aliphatic hydroxyl groups is 1. The maximum absolute atomic E-state index is 13.5. The number of amides is 7. The van der Waals surface area contributed by atoms with Crippen LogP contribution in [0.2, 0.25) is 0 Å². The van der Waals surface area contributed by atoms with Gasteiger partial charge in [-0.1, -0.05) is 0 Å². The van der Waals surface area contributed by atoms with Crippen molar-refractivity contribution in [3.63, 3.8) is 0 Å². The molecule has 3 aliphatic heterocycles. The number of aromatic amines is 1. The lowest BCUT2D eigenvalue weighted by Gasteiger charge is -2.27. The molecular formula is C42H43F2N7O11. The topological polar surface area (TPSA) is 238 Å². The summed E-state index contributed by atoms with van der Waals surface area (Å²) >= 11 is 0. The molecule has 3 aromatic carbocycles.